The SMILES string of the molecule is O=C1NC(=O)C(CCCO)S1. The summed E-state index contributed by atoms with van der Waals surface area (Å²) in [7, 11) is 0. The van der Waals surface area contributed by atoms with Crippen LogP contribution < -0.4 is 5.32 Å². The van der Waals surface area contributed by atoms with Crippen molar-refractivity contribution < 1.29 is 14.7 Å². The lowest BCUT2D eigenvalue weighted by atomic mass is 10.2. The molecule has 5 heteroatoms. The van der Waals surface area contributed by atoms with Crippen molar-refractivity contribution >= 4 is 22.9 Å². The highest BCUT2D eigenvalue weighted by molar-refractivity contribution is 8.15. The number of hydrogen-bond acceptors (Lipinski definition) is 4. The Morgan fingerprint density at radius 3 is 2.73 bits per heavy atom. The van der Waals surface area contributed by atoms with Crippen molar-refractivity contribution in [3.05, 3.63) is 0 Å². The first kappa shape index (κ1) is 8.55. The molecule has 1 heterocycles. The van der Waals surface area contributed by atoms with Crippen molar-refractivity contribution in [3.8, 4) is 0 Å². The molecule has 0 aliphatic carbocycles. The number of imide groups is 1. The van der Waals surface area contributed by atoms with Crippen molar-refractivity contribution in [1.29, 1.82) is 0 Å². The van der Waals surface area contributed by atoms with E-state index in [1.165, 1.54) is 0 Å². The zero-order valence-corrected chi connectivity index (χ0v) is 6.69. The number of carbonyl (C=O) groups excluding carboxylic acids is 2. The summed E-state index contributed by atoms with van der Waals surface area (Å²) in [6.45, 7) is 0.0680. The van der Waals surface area contributed by atoms with Gasteiger partial charge in [0.15, 0.2) is 0 Å². The lowest BCUT2D eigenvalue weighted by Crippen LogP contribution is -2.24. The maximum atomic E-state index is 10.9. The second-order valence-electron chi connectivity index (χ2n) is 2.25. The summed E-state index contributed by atoms with van der Waals surface area (Å²) in [5, 5.41) is 10.1. The van der Waals surface area contributed by atoms with Gasteiger partial charge < -0.3 is 5.11 Å². The zero-order chi connectivity index (χ0) is 8.27. The Kier molecular flexibility index (Phi) is 2.90. The summed E-state index contributed by atoms with van der Waals surface area (Å²) in [6.07, 6.45) is 1.14. The molecular weight excluding hydrogens is 166 g/mol. The van der Waals surface area contributed by atoms with Gasteiger partial charge in [0.1, 0.15) is 0 Å². The standard InChI is InChI=1S/C6H9NO3S/c8-3-1-2-4-5(9)7-6(10)11-4/h4,8H,1-3H2,(H,7,9,10). The topological polar surface area (TPSA) is 66.4 Å². The number of carbonyl (C=O) groups is 2. The van der Waals surface area contributed by atoms with Crippen molar-refractivity contribution in [1.82, 2.24) is 5.32 Å². The van der Waals surface area contributed by atoms with Gasteiger partial charge in [0.05, 0.1) is 5.25 Å². The highest BCUT2D eigenvalue weighted by atomic mass is 32.2. The van der Waals surface area contributed by atoms with Crippen LogP contribution in [0.3, 0.4) is 0 Å². The van der Waals surface area contributed by atoms with Crippen LogP contribution in [0.25, 0.3) is 0 Å². The average molecular weight is 175 g/mol. The van der Waals surface area contributed by atoms with E-state index in [-0.39, 0.29) is 23.0 Å². The molecule has 11 heavy (non-hydrogen) atoms. The molecule has 4 nitrogen and oxygen atoms in total. The van der Waals surface area contributed by atoms with Crippen LogP contribution >= 0.6 is 11.8 Å². The van der Waals surface area contributed by atoms with E-state index < -0.39 is 0 Å². The summed E-state index contributed by atoms with van der Waals surface area (Å²) < 4.78 is 0. The minimum Gasteiger partial charge on any atom is -0.396 e. The Labute approximate surface area is 68.3 Å². The third-order valence-electron chi connectivity index (χ3n) is 1.39. The molecule has 1 atom stereocenters. The molecule has 1 rings (SSSR count). The molecule has 1 aliphatic rings. The van der Waals surface area contributed by atoms with Gasteiger partial charge in [-0.2, -0.15) is 0 Å². The van der Waals surface area contributed by atoms with Gasteiger partial charge in [-0.1, -0.05) is 11.8 Å². The number of amides is 2. The van der Waals surface area contributed by atoms with E-state index in [1.54, 1.807) is 0 Å². The average Bonchev–Trinajstić information content (AvgIpc) is 2.26. The van der Waals surface area contributed by atoms with Gasteiger partial charge in [-0.3, -0.25) is 14.9 Å². The largest absolute Gasteiger partial charge is 0.396 e. The van der Waals surface area contributed by atoms with E-state index in [4.69, 9.17) is 5.11 Å². The van der Waals surface area contributed by atoms with Gasteiger partial charge in [-0.05, 0) is 12.8 Å². The lowest BCUT2D eigenvalue weighted by Gasteiger charge is -2.00. The number of hydrogen-bond donors (Lipinski definition) is 2. The molecule has 1 saturated heterocycles. The van der Waals surface area contributed by atoms with E-state index in [9.17, 15) is 9.59 Å². The minimum atomic E-state index is -0.283. The second-order valence-corrected chi connectivity index (χ2v) is 3.42. The molecule has 2 N–H and O–H groups in total. The summed E-state index contributed by atoms with van der Waals surface area (Å²) in [6, 6.07) is 0. The molecule has 2 amide bonds. The molecule has 1 fully saturated rings. The lowest BCUT2D eigenvalue weighted by molar-refractivity contribution is -0.119. The van der Waals surface area contributed by atoms with Crippen molar-refractivity contribution in [3.63, 3.8) is 0 Å². The highest BCUT2D eigenvalue weighted by Crippen LogP contribution is 2.22. The molecule has 0 bridgehead atoms. The minimum absolute atomic E-state index is 0.0680. The molecule has 0 aromatic carbocycles. The fourth-order valence-corrected chi connectivity index (χ4v) is 1.73. The Morgan fingerprint density at radius 1 is 1.55 bits per heavy atom. The van der Waals surface area contributed by atoms with Crippen molar-refractivity contribution in [2.45, 2.75) is 18.1 Å². The summed E-state index contributed by atoms with van der Waals surface area (Å²) in [5.41, 5.74) is 0. The van der Waals surface area contributed by atoms with Crippen LogP contribution in [-0.2, 0) is 4.79 Å². The number of aliphatic hydroxyl groups excluding tert-OH is 1. The van der Waals surface area contributed by atoms with Crippen LogP contribution in [0.5, 0.6) is 0 Å². The van der Waals surface area contributed by atoms with E-state index in [1.807, 2.05) is 0 Å². The van der Waals surface area contributed by atoms with E-state index in [2.05, 4.69) is 5.32 Å². The molecular formula is C6H9NO3S. The zero-order valence-electron chi connectivity index (χ0n) is 5.87. The van der Waals surface area contributed by atoms with Gasteiger partial charge >= 0.3 is 0 Å². The van der Waals surface area contributed by atoms with Crippen LogP contribution in [0.4, 0.5) is 4.79 Å². The number of aliphatic hydroxyl groups is 1. The van der Waals surface area contributed by atoms with Crippen LogP contribution in [-0.4, -0.2) is 28.1 Å². The second kappa shape index (κ2) is 3.73. The fourth-order valence-electron chi connectivity index (χ4n) is 0.860. The molecule has 0 aromatic heterocycles. The number of nitrogens with one attached hydrogen (secondary N) is 1. The predicted molar refractivity (Wildman–Crippen MR) is 41.2 cm³/mol. The summed E-state index contributed by atoms with van der Waals surface area (Å²) >= 11 is 1.00. The molecule has 1 unspecified atom stereocenters. The smallest absolute Gasteiger partial charge is 0.286 e. The van der Waals surface area contributed by atoms with E-state index in [0.717, 1.165) is 11.8 Å². The molecule has 0 aromatic rings. The molecule has 1 aliphatic heterocycles. The maximum absolute atomic E-state index is 10.9. The van der Waals surface area contributed by atoms with Crippen LogP contribution in [0.15, 0.2) is 0 Å². The fraction of sp³-hybridized carbons (Fsp3) is 0.667. The predicted octanol–water partition coefficient (Wildman–Crippen LogP) is 0.110. The summed E-state index contributed by atoms with van der Waals surface area (Å²) in [4.78, 5) is 21.5. The van der Waals surface area contributed by atoms with E-state index >= 15 is 0 Å². The highest BCUT2D eigenvalue weighted by Gasteiger charge is 2.30. The van der Waals surface area contributed by atoms with Gasteiger partial charge in [-0.15, -0.1) is 0 Å². The van der Waals surface area contributed by atoms with Crippen LogP contribution in [0, 0.1) is 0 Å². The first-order valence-electron chi connectivity index (χ1n) is 3.36. The van der Waals surface area contributed by atoms with Crippen molar-refractivity contribution in [2.24, 2.45) is 0 Å². The van der Waals surface area contributed by atoms with Gasteiger partial charge in [0.2, 0.25) is 5.91 Å². The first-order valence-corrected chi connectivity index (χ1v) is 4.24. The van der Waals surface area contributed by atoms with Crippen LogP contribution in [0.2, 0.25) is 0 Å². The maximum Gasteiger partial charge on any atom is 0.286 e. The molecule has 0 radical (unpaired) electrons. The third kappa shape index (κ3) is 2.20. The Bertz CT molecular complexity index is 183. The third-order valence-corrected chi connectivity index (χ3v) is 2.44. The Balaban J connectivity index is 2.34. The molecule has 0 saturated carbocycles. The molecule has 62 valence electrons. The number of rotatable bonds is 3. The van der Waals surface area contributed by atoms with Gasteiger partial charge in [0.25, 0.3) is 5.24 Å². The summed E-state index contributed by atoms with van der Waals surface area (Å²) in [5.74, 6) is -0.228. The quantitative estimate of drug-likeness (QED) is 0.639. The monoisotopic (exact) mass is 175 g/mol. The Morgan fingerprint density at radius 2 is 2.27 bits per heavy atom. The van der Waals surface area contributed by atoms with Gasteiger partial charge in [0, 0.05) is 6.61 Å². The van der Waals surface area contributed by atoms with Crippen LogP contribution in [0.1, 0.15) is 12.8 Å². The normalized spacial score (nSPS) is 23.9. The first-order chi connectivity index (χ1) is 5.24. The molecule has 0 spiro atoms. The van der Waals surface area contributed by atoms with Gasteiger partial charge in [-0.25, -0.2) is 0 Å². The number of thioether (sulfide) groups is 1. The van der Waals surface area contributed by atoms with Crippen molar-refractivity contribution in [2.75, 3.05) is 6.61 Å². The van der Waals surface area contributed by atoms with E-state index in [0.29, 0.717) is 12.8 Å². The Hall–Kier alpha value is -0.550.